The van der Waals surface area contributed by atoms with Crippen LogP contribution in [0.3, 0.4) is 0 Å². The normalized spacial score (nSPS) is 11.5. The summed E-state index contributed by atoms with van der Waals surface area (Å²) in [7, 11) is 0. The summed E-state index contributed by atoms with van der Waals surface area (Å²) in [5.74, 6) is -0.0228. The third-order valence-corrected chi connectivity index (χ3v) is 2.76. The molecule has 1 rings (SSSR count). The van der Waals surface area contributed by atoms with E-state index < -0.39 is 0 Å². The van der Waals surface area contributed by atoms with Crippen LogP contribution < -0.4 is 10.6 Å². The molecule has 0 unspecified atom stereocenters. The van der Waals surface area contributed by atoms with Gasteiger partial charge in [0.05, 0.1) is 5.69 Å². The van der Waals surface area contributed by atoms with Gasteiger partial charge in [-0.25, -0.2) is 0 Å². The molecule has 0 radical (unpaired) electrons. The van der Waals surface area contributed by atoms with E-state index in [1.807, 2.05) is 11.4 Å². The van der Waals surface area contributed by atoms with Crippen LogP contribution in [-0.4, -0.2) is 11.4 Å². The molecule has 0 aliphatic carbocycles. The van der Waals surface area contributed by atoms with Crippen LogP contribution in [0.4, 0.5) is 5.69 Å². The van der Waals surface area contributed by atoms with Crippen LogP contribution in [0.25, 0.3) is 0 Å². The highest BCUT2D eigenvalue weighted by Gasteiger charge is 2.11. The molecule has 0 saturated carbocycles. The van der Waals surface area contributed by atoms with Gasteiger partial charge < -0.3 is 10.6 Å². The molecule has 0 aromatic carbocycles. The van der Waals surface area contributed by atoms with Crippen LogP contribution in [-0.2, 0) is 11.3 Å². The average Bonchev–Trinajstić information content (AvgIpc) is 2.46. The average molecular weight is 226 g/mol. The lowest BCUT2D eigenvalue weighted by molar-refractivity contribution is -0.114. The van der Waals surface area contributed by atoms with Gasteiger partial charge in [-0.3, -0.25) is 4.79 Å². The predicted molar refractivity (Wildman–Crippen MR) is 65.2 cm³/mol. The first-order valence-electron chi connectivity index (χ1n) is 4.97. The summed E-state index contributed by atoms with van der Waals surface area (Å²) in [4.78, 5) is 12.1. The number of carbonyl (C=O) groups is 1. The highest BCUT2D eigenvalue weighted by molar-refractivity contribution is 7.10. The van der Waals surface area contributed by atoms with Gasteiger partial charge in [0, 0.05) is 23.9 Å². The van der Waals surface area contributed by atoms with E-state index in [1.54, 1.807) is 11.3 Å². The van der Waals surface area contributed by atoms with Gasteiger partial charge in [-0.05, 0) is 32.2 Å². The zero-order valence-electron chi connectivity index (χ0n) is 9.68. The van der Waals surface area contributed by atoms with Crippen LogP contribution in [0.1, 0.15) is 32.6 Å². The Bertz CT molecular complexity index is 339. The lowest BCUT2D eigenvalue weighted by atomic mass is 10.1. The summed E-state index contributed by atoms with van der Waals surface area (Å²) in [6.45, 7) is 8.69. The Kier molecular flexibility index (Phi) is 3.88. The fraction of sp³-hybridized carbons (Fsp3) is 0.545. The molecule has 0 spiro atoms. The number of amides is 1. The first kappa shape index (κ1) is 12.2. The third-order valence-electron chi connectivity index (χ3n) is 1.84. The van der Waals surface area contributed by atoms with E-state index in [0.29, 0.717) is 0 Å². The molecule has 2 N–H and O–H groups in total. The predicted octanol–water partition coefficient (Wildman–Crippen LogP) is 2.59. The fourth-order valence-corrected chi connectivity index (χ4v) is 1.89. The lowest BCUT2D eigenvalue weighted by Gasteiger charge is -2.20. The van der Waals surface area contributed by atoms with Gasteiger partial charge in [-0.15, -0.1) is 11.3 Å². The first-order chi connectivity index (χ1) is 6.88. The van der Waals surface area contributed by atoms with Crippen molar-refractivity contribution in [1.29, 1.82) is 0 Å². The smallest absolute Gasteiger partial charge is 0.221 e. The first-order valence-corrected chi connectivity index (χ1v) is 5.85. The molecule has 15 heavy (non-hydrogen) atoms. The molecule has 0 aliphatic heterocycles. The number of nitrogens with one attached hydrogen (secondary N) is 2. The molecule has 1 heterocycles. The van der Waals surface area contributed by atoms with Crippen LogP contribution >= 0.6 is 11.3 Å². The lowest BCUT2D eigenvalue weighted by Crippen LogP contribution is -2.35. The molecule has 1 aromatic heterocycles. The van der Waals surface area contributed by atoms with E-state index in [1.165, 1.54) is 11.8 Å². The number of carbonyl (C=O) groups excluding carboxylic acids is 1. The zero-order chi connectivity index (χ0) is 11.5. The van der Waals surface area contributed by atoms with E-state index >= 15 is 0 Å². The Morgan fingerprint density at radius 2 is 2.13 bits per heavy atom. The second kappa shape index (κ2) is 4.77. The maximum atomic E-state index is 10.9. The van der Waals surface area contributed by atoms with Crippen molar-refractivity contribution in [3.8, 4) is 0 Å². The molecule has 3 nitrogen and oxygen atoms in total. The molecule has 1 aromatic rings. The summed E-state index contributed by atoms with van der Waals surface area (Å²) in [5, 5.41) is 8.21. The summed E-state index contributed by atoms with van der Waals surface area (Å²) >= 11 is 1.65. The number of hydrogen-bond donors (Lipinski definition) is 2. The van der Waals surface area contributed by atoms with Gasteiger partial charge in [-0.2, -0.15) is 0 Å². The maximum Gasteiger partial charge on any atom is 0.221 e. The van der Waals surface area contributed by atoms with Crippen LogP contribution in [0.5, 0.6) is 0 Å². The molecule has 0 fully saturated rings. The standard InChI is InChI=1S/C11H18N2OS/c1-8(14)13-9-5-6-15-10(9)7-12-11(2,3)4/h5-6,12H,7H2,1-4H3,(H,13,14). The minimum absolute atomic E-state index is 0.0228. The third kappa shape index (κ3) is 4.44. The Morgan fingerprint density at radius 3 is 2.67 bits per heavy atom. The van der Waals surface area contributed by atoms with Crippen molar-refractivity contribution < 1.29 is 4.79 Å². The van der Waals surface area contributed by atoms with Crippen molar-refractivity contribution in [2.45, 2.75) is 39.8 Å². The molecular formula is C11H18N2OS. The molecule has 0 bridgehead atoms. The van der Waals surface area contributed by atoms with Crippen molar-refractivity contribution in [3.63, 3.8) is 0 Å². The van der Waals surface area contributed by atoms with Crippen molar-refractivity contribution in [2.75, 3.05) is 5.32 Å². The summed E-state index contributed by atoms with van der Waals surface area (Å²) in [6.07, 6.45) is 0. The fourth-order valence-electron chi connectivity index (χ4n) is 1.12. The van der Waals surface area contributed by atoms with E-state index in [9.17, 15) is 4.79 Å². The molecule has 0 aliphatic rings. The summed E-state index contributed by atoms with van der Waals surface area (Å²) < 4.78 is 0. The number of anilines is 1. The van der Waals surface area contributed by atoms with E-state index in [2.05, 4.69) is 31.4 Å². The second-order valence-electron chi connectivity index (χ2n) is 4.54. The Hall–Kier alpha value is -0.870. The Labute approximate surface area is 94.9 Å². The topological polar surface area (TPSA) is 41.1 Å². The van der Waals surface area contributed by atoms with Gasteiger partial charge in [-0.1, -0.05) is 0 Å². The number of rotatable bonds is 3. The van der Waals surface area contributed by atoms with Gasteiger partial charge in [0.1, 0.15) is 0 Å². The van der Waals surface area contributed by atoms with E-state index in [-0.39, 0.29) is 11.4 Å². The molecule has 0 saturated heterocycles. The minimum Gasteiger partial charge on any atom is -0.325 e. The van der Waals surface area contributed by atoms with Gasteiger partial charge in [0.15, 0.2) is 0 Å². The largest absolute Gasteiger partial charge is 0.325 e. The van der Waals surface area contributed by atoms with E-state index in [0.717, 1.165) is 12.2 Å². The molecule has 0 atom stereocenters. The van der Waals surface area contributed by atoms with Crippen molar-refractivity contribution in [2.24, 2.45) is 0 Å². The number of thiophene rings is 1. The highest BCUT2D eigenvalue weighted by Crippen LogP contribution is 2.22. The van der Waals surface area contributed by atoms with Crippen molar-refractivity contribution >= 4 is 22.9 Å². The molecule has 1 amide bonds. The monoisotopic (exact) mass is 226 g/mol. The Balaban J connectivity index is 2.61. The quantitative estimate of drug-likeness (QED) is 0.831. The van der Waals surface area contributed by atoms with E-state index in [4.69, 9.17) is 0 Å². The van der Waals surface area contributed by atoms with Crippen molar-refractivity contribution in [1.82, 2.24) is 5.32 Å². The molecular weight excluding hydrogens is 208 g/mol. The van der Waals surface area contributed by atoms with Gasteiger partial charge in [0.25, 0.3) is 0 Å². The van der Waals surface area contributed by atoms with Gasteiger partial charge in [0.2, 0.25) is 5.91 Å². The summed E-state index contributed by atoms with van der Waals surface area (Å²) in [5.41, 5.74) is 1.02. The van der Waals surface area contributed by atoms with Crippen LogP contribution in [0, 0.1) is 0 Å². The zero-order valence-corrected chi connectivity index (χ0v) is 10.5. The van der Waals surface area contributed by atoms with Crippen LogP contribution in [0.2, 0.25) is 0 Å². The highest BCUT2D eigenvalue weighted by atomic mass is 32.1. The molecule has 4 heteroatoms. The maximum absolute atomic E-state index is 10.9. The van der Waals surface area contributed by atoms with Gasteiger partial charge >= 0.3 is 0 Å². The second-order valence-corrected chi connectivity index (χ2v) is 5.54. The summed E-state index contributed by atoms with van der Waals surface area (Å²) in [6, 6.07) is 1.94. The SMILES string of the molecule is CC(=O)Nc1ccsc1CNC(C)(C)C. The van der Waals surface area contributed by atoms with Crippen molar-refractivity contribution in [3.05, 3.63) is 16.3 Å². The Morgan fingerprint density at radius 1 is 1.47 bits per heavy atom. The number of hydrogen-bond acceptors (Lipinski definition) is 3. The minimum atomic E-state index is -0.0228. The molecule has 84 valence electrons. The van der Waals surface area contributed by atoms with Crippen LogP contribution in [0.15, 0.2) is 11.4 Å².